The van der Waals surface area contributed by atoms with E-state index in [4.69, 9.17) is 4.98 Å². The predicted octanol–water partition coefficient (Wildman–Crippen LogP) is 5.81. The standard InChI is InChI=1S/C37H27N3Si/c1-5-15-28(16-6-1)39-35-26-25-32(27-36(35)40-34-24-14-13-23-33(34)38-37(39)40)41(29-17-7-2-8-18-29,30-19-9-3-10-20-30)31-21-11-4-12-22-31/h1-27H. The maximum absolute atomic E-state index is 5.13. The average molecular weight is 542 g/mol. The lowest BCUT2D eigenvalue weighted by Gasteiger charge is -2.34. The summed E-state index contributed by atoms with van der Waals surface area (Å²) in [4.78, 5) is 5.13. The molecule has 0 amide bonds. The van der Waals surface area contributed by atoms with Crippen LogP contribution in [0.4, 0.5) is 0 Å². The molecule has 0 N–H and O–H groups in total. The van der Waals surface area contributed by atoms with E-state index in [0.29, 0.717) is 0 Å². The Morgan fingerprint density at radius 2 is 0.927 bits per heavy atom. The Balaban J connectivity index is 1.53. The zero-order chi connectivity index (χ0) is 27.2. The van der Waals surface area contributed by atoms with Gasteiger partial charge in [-0.3, -0.25) is 8.97 Å². The molecule has 8 aromatic rings. The van der Waals surface area contributed by atoms with Crippen LogP contribution in [-0.4, -0.2) is 22.0 Å². The van der Waals surface area contributed by atoms with Gasteiger partial charge in [0.15, 0.2) is 8.07 Å². The molecular weight excluding hydrogens is 515 g/mol. The molecule has 0 saturated heterocycles. The van der Waals surface area contributed by atoms with Crippen LogP contribution in [0, 0.1) is 0 Å². The summed E-state index contributed by atoms with van der Waals surface area (Å²) in [5, 5.41) is 5.45. The minimum absolute atomic E-state index is 0.927. The fourth-order valence-electron chi connectivity index (χ4n) is 6.53. The highest BCUT2D eigenvalue weighted by Gasteiger charge is 2.41. The maximum atomic E-state index is 5.13. The highest BCUT2D eigenvalue weighted by Crippen LogP contribution is 2.29. The number of fused-ring (bicyclic) bond motifs is 5. The molecule has 2 heterocycles. The summed E-state index contributed by atoms with van der Waals surface area (Å²) in [6.45, 7) is 0. The second-order valence-electron chi connectivity index (χ2n) is 10.5. The second kappa shape index (κ2) is 9.47. The van der Waals surface area contributed by atoms with Crippen molar-refractivity contribution in [2.45, 2.75) is 0 Å². The van der Waals surface area contributed by atoms with Gasteiger partial charge >= 0.3 is 0 Å². The molecule has 0 fully saturated rings. The van der Waals surface area contributed by atoms with Crippen LogP contribution in [0.2, 0.25) is 0 Å². The fraction of sp³-hybridized carbons (Fsp3) is 0. The molecule has 41 heavy (non-hydrogen) atoms. The number of benzene rings is 6. The van der Waals surface area contributed by atoms with Crippen molar-refractivity contribution in [1.29, 1.82) is 0 Å². The number of hydrogen-bond acceptors (Lipinski definition) is 1. The minimum Gasteiger partial charge on any atom is -0.278 e. The highest BCUT2D eigenvalue weighted by atomic mass is 28.3. The molecule has 4 heteroatoms. The number of para-hydroxylation sites is 3. The normalized spacial score (nSPS) is 11.9. The zero-order valence-corrected chi connectivity index (χ0v) is 23.4. The SMILES string of the molecule is c1ccc(-n2c3ccc([Si](c4ccccc4)(c4ccccc4)c4ccccc4)cc3n3c4ccccc4nc23)cc1. The molecule has 194 valence electrons. The molecule has 2 aromatic heterocycles. The first kappa shape index (κ1) is 23.7. The van der Waals surface area contributed by atoms with Crippen LogP contribution in [0.5, 0.6) is 0 Å². The van der Waals surface area contributed by atoms with E-state index in [2.05, 4.69) is 173 Å². The summed E-state index contributed by atoms with van der Waals surface area (Å²) < 4.78 is 4.62. The number of hydrogen-bond donors (Lipinski definition) is 0. The number of aromatic nitrogens is 3. The minimum atomic E-state index is -2.66. The van der Waals surface area contributed by atoms with E-state index in [1.807, 2.05) is 0 Å². The molecule has 0 unspecified atom stereocenters. The van der Waals surface area contributed by atoms with Gasteiger partial charge in [0.05, 0.1) is 22.1 Å². The first-order valence-corrected chi connectivity index (χ1v) is 16.0. The molecule has 0 aliphatic heterocycles. The Hall–Kier alpha value is -5.19. The van der Waals surface area contributed by atoms with Crippen LogP contribution >= 0.6 is 0 Å². The average Bonchev–Trinajstić information content (AvgIpc) is 3.58. The number of rotatable bonds is 5. The van der Waals surface area contributed by atoms with Gasteiger partial charge in [-0.25, -0.2) is 4.98 Å². The molecule has 3 nitrogen and oxygen atoms in total. The van der Waals surface area contributed by atoms with Crippen LogP contribution < -0.4 is 20.7 Å². The van der Waals surface area contributed by atoms with Crippen LogP contribution in [0.1, 0.15) is 0 Å². The Bertz CT molecular complexity index is 2030. The smallest absolute Gasteiger partial charge is 0.220 e. The Kier molecular flexibility index (Phi) is 5.47. The first-order chi connectivity index (χ1) is 20.4. The van der Waals surface area contributed by atoms with Crippen molar-refractivity contribution in [3.8, 4) is 5.69 Å². The van der Waals surface area contributed by atoms with Crippen molar-refractivity contribution in [3.05, 3.63) is 164 Å². The zero-order valence-electron chi connectivity index (χ0n) is 22.4. The molecule has 0 saturated carbocycles. The summed E-state index contributed by atoms with van der Waals surface area (Å²) in [5.74, 6) is 0.927. The van der Waals surface area contributed by atoms with Gasteiger partial charge in [0.1, 0.15) is 0 Å². The van der Waals surface area contributed by atoms with E-state index in [0.717, 1.165) is 33.5 Å². The molecule has 0 spiro atoms. The molecular formula is C37H27N3Si. The van der Waals surface area contributed by atoms with Crippen LogP contribution in [0.15, 0.2) is 164 Å². The quantitative estimate of drug-likeness (QED) is 0.199. The van der Waals surface area contributed by atoms with Crippen LogP contribution in [0.25, 0.3) is 33.5 Å². The van der Waals surface area contributed by atoms with Crippen molar-refractivity contribution in [1.82, 2.24) is 14.0 Å². The van der Waals surface area contributed by atoms with Crippen molar-refractivity contribution >= 4 is 56.7 Å². The van der Waals surface area contributed by atoms with Crippen molar-refractivity contribution in [2.75, 3.05) is 0 Å². The van der Waals surface area contributed by atoms with E-state index in [-0.39, 0.29) is 0 Å². The second-order valence-corrected chi connectivity index (χ2v) is 14.3. The molecule has 0 bridgehead atoms. The van der Waals surface area contributed by atoms with Crippen molar-refractivity contribution in [3.63, 3.8) is 0 Å². The highest BCUT2D eigenvalue weighted by molar-refractivity contribution is 7.20. The van der Waals surface area contributed by atoms with E-state index >= 15 is 0 Å². The molecule has 0 aliphatic rings. The number of imidazole rings is 2. The molecule has 8 rings (SSSR count). The summed E-state index contributed by atoms with van der Waals surface area (Å²) in [6, 6.07) is 59.4. The first-order valence-electron chi connectivity index (χ1n) is 14.0. The van der Waals surface area contributed by atoms with Crippen molar-refractivity contribution < 1.29 is 0 Å². The third-order valence-electron chi connectivity index (χ3n) is 8.27. The van der Waals surface area contributed by atoms with Gasteiger partial charge in [0, 0.05) is 5.69 Å². The molecule has 0 aliphatic carbocycles. The van der Waals surface area contributed by atoms with E-state index in [1.165, 1.54) is 20.7 Å². The lowest BCUT2D eigenvalue weighted by molar-refractivity contribution is 1.11. The fourth-order valence-corrected chi connectivity index (χ4v) is 11.3. The molecule has 6 aromatic carbocycles. The topological polar surface area (TPSA) is 22.2 Å². The lowest BCUT2D eigenvalue weighted by atomic mass is 10.2. The van der Waals surface area contributed by atoms with E-state index < -0.39 is 8.07 Å². The van der Waals surface area contributed by atoms with Gasteiger partial charge in [-0.05, 0) is 57.1 Å². The van der Waals surface area contributed by atoms with Gasteiger partial charge in [0.25, 0.3) is 0 Å². The van der Waals surface area contributed by atoms with Crippen molar-refractivity contribution in [2.24, 2.45) is 0 Å². The van der Waals surface area contributed by atoms with Gasteiger partial charge in [0.2, 0.25) is 5.78 Å². The summed E-state index contributed by atoms with van der Waals surface area (Å²) >= 11 is 0. The lowest BCUT2D eigenvalue weighted by Crippen LogP contribution is -2.74. The Morgan fingerprint density at radius 1 is 0.415 bits per heavy atom. The third kappa shape index (κ3) is 3.54. The van der Waals surface area contributed by atoms with E-state index in [9.17, 15) is 0 Å². The largest absolute Gasteiger partial charge is 0.278 e. The molecule has 0 radical (unpaired) electrons. The molecule has 0 atom stereocenters. The van der Waals surface area contributed by atoms with Gasteiger partial charge in [-0.15, -0.1) is 0 Å². The maximum Gasteiger partial charge on any atom is 0.220 e. The summed E-state index contributed by atoms with van der Waals surface area (Å²) in [6.07, 6.45) is 0. The van der Waals surface area contributed by atoms with Gasteiger partial charge in [-0.2, -0.15) is 0 Å². The van der Waals surface area contributed by atoms with Crippen LogP contribution in [-0.2, 0) is 0 Å². The summed E-state index contributed by atoms with van der Waals surface area (Å²) in [7, 11) is -2.66. The Labute approximate surface area is 239 Å². The Morgan fingerprint density at radius 3 is 1.51 bits per heavy atom. The monoisotopic (exact) mass is 541 g/mol. The third-order valence-corrected chi connectivity index (χ3v) is 13.0. The van der Waals surface area contributed by atoms with Crippen LogP contribution in [0.3, 0.4) is 0 Å². The number of nitrogens with zero attached hydrogens (tertiary/aromatic N) is 3. The van der Waals surface area contributed by atoms with Gasteiger partial charge < -0.3 is 0 Å². The predicted molar refractivity (Wildman–Crippen MR) is 173 cm³/mol. The van der Waals surface area contributed by atoms with E-state index in [1.54, 1.807) is 0 Å². The van der Waals surface area contributed by atoms with Gasteiger partial charge in [-0.1, -0.05) is 127 Å². The summed E-state index contributed by atoms with van der Waals surface area (Å²) in [5.41, 5.74) is 5.52.